The maximum Gasteiger partial charge on any atom is 1.00 e. The number of hydrogen-bond donors (Lipinski definition) is 3. The van der Waals surface area contributed by atoms with Gasteiger partial charge in [0.15, 0.2) is 0 Å². The number of aromatic amines is 2. The van der Waals surface area contributed by atoms with Crippen molar-refractivity contribution in [3.8, 4) is 0 Å². The van der Waals surface area contributed by atoms with E-state index in [9.17, 15) is 0 Å². The van der Waals surface area contributed by atoms with E-state index in [1.54, 1.807) is 24.8 Å². The summed E-state index contributed by atoms with van der Waals surface area (Å²) in [6.07, 6.45) is 7.06. The van der Waals surface area contributed by atoms with Gasteiger partial charge >= 0.3 is 22.4 Å². The van der Waals surface area contributed by atoms with Crippen molar-refractivity contribution in [1.29, 1.82) is 0 Å². The van der Waals surface area contributed by atoms with Crippen LogP contribution in [0.2, 0.25) is 0 Å². The number of aryl methyl sites for hydroxylation is 2. The third-order valence-electron chi connectivity index (χ3n) is 1.27. The average Bonchev–Trinajstić information content (AvgIpc) is 2.95. The minimum atomic E-state index is -1.75. The first-order valence-corrected chi connectivity index (χ1v) is 4.70. The van der Waals surface area contributed by atoms with E-state index in [1.165, 1.54) is 0 Å². The van der Waals surface area contributed by atoms with Gasteiger partial charge < -0.3 is 30.4 Å². The van der Waals surface area contributed by atoms with Crippen molar-refractivity contribution in [2.45, 2.75) is 13.8 Å². The van der Waals surface area contributed by atoms with Gasteiger partial charge in [-0.3, -0.25) is 0 Å². The molecule has 2 rings (SSSR count). The molecule has 0 saturated heterocycles. The fourth-order valence-electron chi connectivity index (χ4n) is 0.688. The Morgan fingerprint density at radius 2 is 1.32 bits per heavy atom. The van der Waals surface area contributed by atoms with E-state index in [-0.39, 0.29) is 22.4 Å². The van der Waals surface area contributed by atoms with Gasteiger partial charge in [0.05, 0.1) is 5.09 Å². The van der Waals surface area contributed by atoms with E-state index in [0.717, 1.165) is 18.8 Å². The van der Waals surface area contributed by atoms with Crippen LogP contribution in [0.4, 0.5) is 0 Å². The molecule has 0 aliphatic carbocycles. The first-order chi connectivity index (χ1) is 8.52. The Hall–Kier alpha value is -1.68. The van der Waals surface area contributed by atoms with Crippen LogP contribution in [0.3, 0.4) is 0 Å². The predicted molar refractivity (Wildman–Crippen MR) is 65.2 cm³/mol. The monoisotopic (exact) mass is 365 g/mol. The molecule has 0 spiro atoms. The molecular weight excluding hydrogens is 350 g/mol. The Morgan fingerprint density at radius 1 is 1.05 bits per heavy atom. The van der Waals surface area contributed by atoms with Crippen LogP contribution >= 0.6 is 0 Å². The zero-order valence-corrected chi connectivity index (χ0v) is 12.1. The number of H-pyrrole nitrogens is 2. The number of hydrogen-bond acceptors (Lipinski definition) is 6. The average molecular weight is 366 g/mol. The van der Waals surface area contributed by atoms with Crippen LogP contribution in [0.25, 0.3) is 0 Å². The van der Waals surface area contributed by atoms with Gasteiger partial charge in [-0.15, -0.1) is 0 Å². The maximum absolute atomic E-state index is 8.25. The summed E-state index contributed by atoms with van der Waals surface area (Å²) in [5.74, 6) is 1.94. The summed E-state index contributed by atoms with van der Waals surface area (Å²) in [4.78, 5) is 21.8. The number of imidazole rings is 2. The quantitative estimate of drug-likeness (QED) is 0.357. The first kappa shape index (κ1) is 22.5. The summed E-state index contributed by atoms with van der Waals surface area (Å²) < 4.78 is 0. The van der Waals surface area contributed by atoms with Crippen LogP contribution in [0.15, 0.2) is 24.8 Å². The van der Waals surface area contributed by atoms with Gasteiger partial charge in [0.25, 0.3) is 0 Å². The number of rotatable bonds is 0. The minimum Gasteiger partial charge on any atom is -0.400 e. The van der Waals surface area contributed by atoms with Crippen molar-refractivity contribution >= 4 is 0 Å². The van der Waals surface area contributed by atoms with E-state index >= 15 is 0 Å². The second-order valence-corrected chi connectivity index (χ2v) is 2.57. The Labute approximate surface area is 125 Å². The molecule has 0 aromatic carbocycles. The summed E-state index contributed by atoms with van der Waals surface area (Å²) in [6.45, 7) is 3.83. The summed E-state index contributed by atoms with van der Waals surface area (Å²) in [7, 11) is 1.00. The van der Waals surface area contributed by atoms with E-state index in [2.05, 4.69) is 19.9 Å². The van der Waals surface area contributed by atoms with Gasteiger partial charge in [-0.1, -0.05) is 0 Å². The molecule has 0 unspecified atom stereocenters. The third-order valence-corrected chi connectivity index (χ3v) is 1.27. The SMILES string of the molecule is CO.Cc1ncc[nH]1.Cc1ncc[nH]1.O=[N+]([O-])[O-].[Ag+]. The normalized spacial score (nSPS) is 7.16. The molecule has 0 saturated carbocycles. The van der Waals surface area contributed by atoms with Crippen LogP contribution < -0.4 is 0 Å². The van der Waals surface area contributed by atoms with Gasteiger partial charge in [-0.05, 0) is 13.8 Å². The van der Waals surface area contributed by atoms with Gasteiger partial charge in [-0.25, -0.2) is 9.97 Å². The number of aliphatic hydroxyl groups is 1. The molecule has 0 fully saturated rings. The Morgan fingerprint density at radius 3 is 1.37 bits per heavy atom. The van der Waals surface area contributed by atoms with Crippen LogP contribution in [-0.4, -0.2) is 37.2 Å². The van der Waals surface area contributed by atoms with Gasteiger partial charge in [0.2, 0.25) is 0 Å². The van der Waals surface area contributed by atoms with Crippen molar-refractivity contribution in [3.63, 3.8) is 0 Å². The van der Waals surface area contributed by atoms with Crippen molar-refractivity contribution in [2.24, 2.45) is 0 Å². The standard InChI is InChI=1S/2C4H6N2.CH4O.Ag.NO3/c2*1-4-5-2-3-6-4;1-2;;2-1(3)4/h2*2-3H,1H3,(H,5,6);2H,1H3;;/q;;;+1;-1. The Bertz CT molecular complexity index is 343. The Kier molecular flexibility index (Phi) is 19.3. The number of nitrogens with zero attached hydrogens (tertiary/aromatic N) is 3. The molecule has 10 heteroatoms. The van der Waals surface area contributed by atoms with Crippen LogP contribution in [-0.2, 0) is 22.4 Å². The van der Waals surface area contributed by atoms with E-state index in [4.69, 9.17) is 20.4 Å². The van der Waals surface area contributed by atoms with Gasteiger partial charge in [0.1, 0.15) is 11.6 Å². The first-order valence-electron chi connectivity index (χ1n) is 4.70. The number of aliphatic hydroxyl groups excluding tert-OH is 1. The topological polar surface area (TPSA) is 144 Å². The van der Waals surface area contributed by atoms with Crippen molar-refractivity contribution in [1.82, 2.24) is 19.9 Å². The van der Waals surface area contributed by atoms with Crippen LogP contribution in [0.5, 0.6) is 0 Å². The Balaban J connectivity index is -0.000000189. The van der Waals surface area contributed by atoms with Gasteiger partial charge in [0, 0.05) is 31.9 Å². The van der Waals surface area contributed by atoms with Crippen molar-refractivity contribution in [3.05, 3.63) is 51.8 Å². The summed E-state index contributed by atoms with van der Waals surface area (Å²) in [6, 6.07) is 0. The van der Waals surface area contributed by atoms with Crippen molar-refractivity contribution in [2.75, 3.05) is 7.11 Å². The molecule has 0 radical (unpaired) electrons. The number of nitrogens with one attached hydrogen (secondary N) is 2. The molecule has 0 bridgehead atoms. The molecule has 2 aromatic rings. The van der Waals surface area contributed by atoms with Crippen LogP contribution in [0.1, 0.15) is 11.6 Å². The molecule has 0 aliphatic rings. The predicted octanol–water partition coefficient (Wildman–Crippen LogP) is 0.803. The molecular formula is C9H16AgN5O4. The molecule has 0 atom stereocenters. The van der Waals surface area contributed by atoms with E-state index in [1.807, 2.05) is 13.8 Å². The molecule has 0 amide bonds. The molecule has 9 nitrogen and oxygen atoms in total. The summed E-state index contributed by atoms with van der Waals surface area (Å²) >= 11 is 0. The smallest absolute Gasteiger partial charge is 0.400 e. The molecule has 3 N–H and O–H groups in total. The summed E-state index contributed by atoms with van der Waals surface area (Å²) in [5.41, 5.74) is 0. The zero-order chi connectivity index (χ0) is 14.4. The maximum atomic E-state index is 8.25. The fraction of sp³-hybridized carbons (Fsp3) is 0.333. The fourth-order valence-corrected chi connectivity index (χ4v) is 0.688. The van der Waals surface area contributed by atoms with E-state index in [0.29, 0.717) is 0 Å². The molecule has 0 aliphatic heterocycles. The largest absolute Gasteiger partial charge is 1.00 e. The molecule has 19 heavy (non-hydrogen) atoms. The van der Waals surface area contributed by atoms with Crippen molar-refractivity contribution < 1.29 is 32.6 Å². The number of aromatic nitrogens is 4. The van der Waals surface area contributed by atoms with E-state index < -0.39 is 5.09 Å². The molecule has 2 heterocycles. The third kappa shape index (κ3) is 22.0. The molecule has 112 valence electrons. The van der Waals surface area contributed by atoms with Crippen LogP contribution in [0, 0.1) is 29.2 Å². The zero-order valence-electron chi connectivity index (χ0n) is 10.6. The minimum absolute atomic E-state index is 0. The second-order valence-electron chi connectivity index (χ2n) is 2.57. The molecule has 2 aromatic heterocycles. The second kappa shape index (κ2) is 16.3. The van der Waals surface area contributed by atoms with Gasteiger partial charge in [-0.2, -0.15) is 0 Å². The summed E-state index contributed by atoms with van der Waals surface area (Å²) in [5, 5.41) is 21.8.